The monoisotopic (exact) mass is 433 g/mol. The zero-order chi connectivity index (χ0) is 21.2. The van der Waals surface area contributed by atoms with Gasteiger partial charge in [-0.25, -0.2) is 0 Å². The average Bonchev–Trinajstić information content (AvgIpc) is 2.96. The molecule has 5 heteroatoms. The summed E-state index contributed by atoms with van der Waals surface area (Å²) in [7, 11) is 0. The lowest BCUT2D eigenvalue weighted by atomic mass is 9.90. The van der Waals surface area contributed by atoms with E-state index in [-0.39, 0.29) is 18.0 Å². The Morgan fingerprint density at radius 3 is 2.65 bits per heavy atom. The minimum Gasteiger partial charge on any atom is -0.382 e. The van der Waals surface area contributed by atoms with Crippen LogP contribution in [-0.4, -0.2) is 47.9 Å². The average molecular weight is 434 g/mol. The minimum atomic E-state index is 0.221. The molecule has 3 aliphatic rings. The number of aryl methyl sites for hydroxylation is 1. The van der Waals surface area contributed by atoms with E-state index in [9.17, 15) is 4.79 Å². The van der Waals surface area contributed by atoms with E-state index in [0.717, 1.165) is 49.6 Å². The molecule has 0 radical (unpaired) electrons. The summed E-state index contributed by atoms with van der Waals surface area (Å²) in [5.41, 5.74) is 5.24. The van der Waals surface area contributed by atoms with E-state index >= 15 is 0 Å². The highest BCUT2D eigenvalue weighted by molar-refractivity contribution is 6.30. The third-order valence-corrected chi connectivity index (χ3v) is 7.00. The first-order chi connectivity index (χ1) is 15.2. The van der Waals surface area contributed by atoms with Crippen LogP contribution in [0.25, 0.3) is 0 Å². The SMILES string of the molecule is O=C(Cc1ccccc1)N1CCN(C2c3ccc(Cl)cc3CCC3=CC=CNC32)CC1. The maximum atomic E-state index is 12.8. The number of benzene rings is 2. The fraction of sp³-hybridized carbons (Fsp3) is 0.346. The van der Waals surface area contributed by atoms with Gasteiger partial charge in [-0.05, 0) is 59.5 Å². The van der Waals surface area contributed by atoms with Gasteiger partial charge >= 0.3 is 0 Å². The molecule has 4 nitrogen and oxygen atoms in total. The molecular weight excluding hydrogens is 406 g/mol. The lowest BCUT2D eigenvalue weighted by Crippen LogP contribution is -2.53. The Balaban J connectivity index is 1.34. The van der Waals surface area contributed by atoms with Gasteiger partial charge in [0.25, 0.3) is 0 Å². The third-order valence-electron chi connectivity index (χ3n) is 6.76. The van der Waals surface area contributed by atoms with E-state index in [0.29, 0.717) is 6.42 Å². The Kier molecular flexibility index (Phi) is 5.84. The molecule has 1 fully saturated rings. The minimum absolute atomic E-state index is 0.221. The van der Waals surface area contributed by atoms with Gasteiger partial charge in [-0.1, -0.05) is 54.1 Å². The second kappa shape index (κ2) is 8.89. The largest absolute Gasteiger partial charge is 0.382 e. The van der Waals surface area contributed by atoms with E-state index in [2.05, 4.69) is 40.7 Å². The second-order valence-electron chi connectivity index (χ2n) is 8.61. The van der Waals surface area contributed by atoms with Gasteiger partial charge in [-0.15, -0.1) is 0 Å². The molecule has 1 aliphatic carbocycles. The van der Waals surface area contributed by atoms with E-state index < -0.39 is 0 Å². The van der Waals surface area contributed by atoms with Crippen molar-refractivity contribution in [1.82, 2.24) is 15.1 Å². The first-order valence-corrected chi connectivity index (χ1v) is 11.5. The van der Waals surface area contributed by atoms with Gasteiger partial charge in [0.05, 0.1) is 18.5 Å². The number of nitrogens with zero attached hydrogens (tertiary/aromatic N) is 2. The van der Waals surface area contributed by atoms with Crippen LogP contribution in [0.5, 0.6) is 0 Å². The molecule has 2 heterocycles. The number of hydrogen-bond donors (Lipinski definition) is 1. The number of halogens is 1. The summed E-state index contributed by atoms with van der Waals surface area (Å²) in [6, 6.07) is 16.9. The summed E-state index contributed by atoms with van der Waals surface area (Å²) >= 11 is 6.34. The predicted molar refractivity (Wildman–Crippen MR) is 125 cm³/mol. The predicted octanol–water partition coefficient (Wildman–Crippen LogP) is 4.13. The molecule has 2 aromatic carbocycles. The van der Waals surface area contributed by atoms with Crippen LogP contribution in [0.3, 0.4) is 0 Å². The first-order valence-electron chi connectivity index (χ1n) is 11.1. The number of allylic oxidation sites excluding steroid dienone is 2. The van der Waals surface area contributed by atoms with Gasteiger partial charge in [0, 0.05) is 31.2 Å². The smallest absolute Gasteiger partial charge is 0.227 e. The van der Waals surface area contributed by atoms with Crippen molar-refractivity contribution in [3.8, 4) is 0 Å². The molecule has 2 atom stereocenters. The number of dihydropyridines is 1. The summed E-state index contributed by atoms with van der Waals surface area (Å²) < 4.78 is 0. The molecule has 31 heavy (non-hydrogen) atoms. The van der Waals surface area contributed by atoms with Crippen molar-refractivity contribution >= 4 is 17.5 Å². The Morgan fingerprint density at radius 1 is 1.03 bits per heavy atom. The summed E-state index contributed by atoms with van der Waals surface area (Å²) in [6.07, 6.45) is 8.96. The molecule has 0 bridgehead atoms. The molecule has 0 spiro atoms. The van der Waals surface area contributed by atoms with Gasteiger partial charge in [-0.2, -0.15) is 0 Å². The van der Waals surface area contributed by atoms with Crippen molar-refractivity contribution < 1.29 is 4.79 Å². The van der Waals surface area contributed by atoms with Gasteiger partial charge in [0.2, 0.25) is 5.91 Å². The standard InChI is InChI=1S/C26H28ClN3O/c27-22-10-11-23-21(18-22)9-8-20-7-4-12-28-25(20)26(23)30-15-13-29(14-16-30)24(31)17-19-5-2-1-3-6-19/h1-7,10-12,18,25-26,28H,8-9,13-17H2. The van der Waals surface area contributed by atoms with Crippen molar-refractivity contribution in [2.45, 2.75) is 31.3 Å². The Hall–Kier alpha value is -2.56. The molecule has 2 aromatic rings. The van der Waals surface area contributed by atoms with Crippen LogP contribution in [0.1, 0.15) is 29.2 Å². The van der Waals surface area contributed by atoms with Crippen molar-refractivity contribution in [3.05, 3.63) is 94.2 Å². The number of amides is 1. The number of carbonyl (C=O) groups is 1. The highest BCUT2D eigenvalue weighted by atomic mass is 35.5. The van der Waals surface area contributed by atoms with Crippen LogP contribution < -0.4 is 5.32 Å². The molecule has 1 N–H and O–H groups in total. The summed E-state index contributed by atoms with van der Waals surface area (Å²) in [4.78, 5) is 17.4. The lowest BCUT2D eigenvalue weighted by molar-refractivity contribution is -0.132. The number of rotatable bonds is 3. The highest BCUT2D eigenvalue weighted by Gasteiger charge is 2.37. The molecule has 160 valence electrons. The highest BCUT2D eigenvalue weighted by Crippen LogP contribution is 2.38. The molecule has 2 aliphatic heterocycles. The van der Waals surface area contributed by atoms with Gasteiger partial charge < -0.3 is 10.2 Å². The topological polar surface area (TPSA) is 35.6 Å². The van der Waals surface area contributed by atoms with E-state index in [4.69, 9.17) is 11.6 Å². The van der Waals surface area contributed by atoms with Crippen LogP contribution in [0, 0.1) is 0 Å². The lowest BCUT2D eigenvalue weighted by Gasteiger charge is -2.43. The number of nitrogens with one attached hydrogen (secondary N) is 1. The van der Waals surface area contributed by atoms with Crippen molar-refractivity contribution in [2.24, 2.45) is 0 Å². The number of carbonyl (C=O) groups excluding carboxylic acids is 1. The number of fused-ring (bicyclic) bond motifs is 2. The summed E-state index contributed by atoms with van der Waals surface area (Å²) in [5, 5.41) is 4.43. The summed E-state index contributed by atoms with van der Waals surface area (Å²) in [5.74, 6) is 0.221. The molecule has 1 saturated heterocycles. The van der Waals surface area contributed by atoms with E-state index in [1.165, 1.54) is 16.7 Å². The first kappa shape index (κ1) is 20.3. The van der Waals surface area contributed by atoms with Crippen molar-refractivity contribution in [2.75, 3.05) is 26.2 Å². The maximum absolute atomic E-state index is 12.8. The molecule has 2 unspecified atom stereocenters. The van der Waals surface area contributed by atoms with Crippen LogP contribution in [0.2, 0.25) is 5.02 Å². The van der Waals surface area contributed by atoms with Crippen LogP contribution in [0.4, 0.5) is 0 Å². The van der Waals surface area contributed by atoms with Crippen LogP contribution in [-0.2, 0) is 17.6 Å². The van der Waals surface area contributed by atoms with Crippen LogP contribution >= 0.6 is 11.6 Å². The maximum Gasteiger partial charge on any atom is 0.227 e. The number of hydrogen-bond acceptors (Lipinski definition) is 3. The Morgan fingerprint density at radius 2 is 1.84 bits per heavy atom. The Labute approximate surface area is 189 Å². The summed E-state index contributed by atoms with van der Waals surface area (Å²) in [6.45, 7) is 3.30. The number of piperazine rings is 1. The molecule has 5 rings (SSSR count). The van der Waals surface area contributed by atoms with E-state index in [1.807, 2.05) is 41.3 Å². The molecule has 1 amide bonds. The zero-order valence-corrected chi connectivity index (χ0v) is 18.4. The van der Waals surface area contributed by atoms with E-state index in [1.54, 1.807) is 0 Å². The normalized spacial score (nSPS) is 23.3. The molecular formula is C26H28ClN3O. The van der Waals surface area contributed by atoms with Gasteiger partial charge in [0.15, 0.2) is 0 Å². The fourth-order valence-corrected chi connectivity index (χ4v) is 5.35. The van der Waals surface area contributed by atoms with Gasteiger partial charge in [-0.3, -0.25) is 9.69 Å². The Bertz CT molecular complexity index is 1010. The van der Waals surface area contributed by atoms with Crippen molar-refractivity contribution in [3.63, 3.8) is 0 Å². The molecule has 0 saturated carbocycles. The third kappa shape index (κ3) is 4.28. The fourth-order valence-electron chi connectivity index (χ4n) is 5.15. The molecule has 0 aromatic heterocycles. The zero-order valence-electron chi connectivity index (χ0n) is 17.6. The second-order valence-corrected chi connectivity index (χ2v) is 9.05. The van der Waals surface area contributed by atoms with Crippen molar-refractivity contribution in [1.29, 1.82) is 0 Å². The van der Waals surface area contributed by atoms with Gasteiger partial charge in [0.1, 0.15) is 0 Å². The quantitative estimate of drug-likeness (QED) is 0.790. The van der Waals surface area contributed by atoms with Crippen LogP contribution in [0.15, 0.2) is 72.5 Å².